The number of rotatable bonds is 11. The summed E-state index contributed by atoms with van der Waals surface area (Å²) in [5, 5.41) is 5.43. The van der Waals surface area contributed by atoms with E-state index < -0.39 is 0 Å². The molecule has 3 rings (SSSR count). The smallest absolute Gasteiger partial charge is 0.270 e. The van der Waals surface area contributed by atoms with Crippen molar-refractivity contribution >= 4 is 17.2 Å². The molecule has 2 aromatic carbocycles. The Balaban J connectivity index is 1.61. The lowest BCUT2D eigenvalue weighted by molar-refractivity contribution is 0.0950. The number of thiazole rings is 1. The number of carbonyl (C=O) groups excluding carboxylic acids is 1. The minimum Gasteiger partial charge on any atom is -0.493 e. The molecule has 0 aliphatic carbocycles. The summed E-state index contributed by atoms with van der Waals surface area (Å²) in [4.78, 5) is 17.0. The van der Waals surface area contributed by atoms with Crippen molar-refractivity contribution in [2.45, 2.75) is 20.3 Å². The average Bonchev–Trinajstić information content (AvgIpc) is 3.31. The Bertz CT molecular complexity index is 1050. The number of hydrogen-bond donors (Lipinski definition) is 1. The summed E-state index contributed by atoms with van der Waals surface area (Å²) in [6, 6.07) is 11.4. The molecule has 170 valence electrons. The van der Waals surface area contributed by atoms with Crippen LogP contribution >= 0.6 is 11.3 Å². The molecular weight excluding hydrogens is 428 g/mol. The third kappa shape index (κ3) is 5.70. The van der Waals surface area contributed by atoms with Crippen LogP contribution in [0.25, 0.3) is 10.6 Å². The second-order valence-electron chi connectivity index (χ2n) is 6.76. The molecule has 1 N–H and O–H groups in total. The van der Waals surface area contributed by atoms with Crippen molar-refractivity contribution in [3.63, 3.8) is 0 Å². The molecule has 0 unspecified atom stereocenters. The van der Waals surface area contributed by atoms with Crippen LogP contribution in [0.1, 0.15) is 29.9 Å². The molecule has 0 atom stereocenters. The van der Waals surface area contributed by atoms with Gasteiger partial charge in [-0.1, -0.05) is 6.07 Å². The predicted octanol–water partition coefficient (Wildman–Crippen LogP) is 4.60. The molecule has 8 heteroatoms. The zero-order valence-electron chi connectivity index (χ0n) is 18.8. The molecular formula is C24H28N2O5S. The van der Waals surface area contributed by atoms with Gasteiger partial charge < -0.3 is 24.3 Å². The van der Waals surface area contributed by atoms with Gasteiger partial charge in [0.25, 0.3) is 5.91 Å². The molecule has 0 saturated carbocycles. The topological polar surface area (TPSA) is 78.9 Å². The molecule has 1 amide bonds. The van der Waals surface area contributed by atoms with Crippen LogP contribution in [0.2, 0.25) is 0 Å². The number of hydrogen-bond acceptors (Lipinski definition) is 7. The lowest BCUT2D eigenvalue weighted by atomic mass is 10.1. The van der Waals surface area contributed by atoms with E-state index in [1.54, 1.807) is 19.6 Å². The lowest BCUT2D eigenvalue weighted by Gasteiger charge is -2.12. The molecule has 0 fully saturated rings. The fraction of sp³-hybridized carbons (Fsp3) is 0.333. The Labute approximate surface area is 192 Å². The van der Waals surface area contributed by atoms with Gasteiger partial charge in [-0.25, -0.2) is 4.98 Å². The summed E-state index contributed by atoms with van der Waals surface area (Å²) < 4.78 is 21.9. The van der Waals surface area contributed by atoms with Gasteiger partial charge in [-0.3, -0.25) is 4.79 Å². The Hall–Kier alpha value is -3.26. The van der Waals surface area contributed by atoms with Crippen LogP contribution in [0.4, 0.5) is 0 Å². The van der Waals surface area contributed by atoms with Crippen molar-refractivity contribution in [3.8, 4) is 33.6 Å². The maximum Gasteiger partial charge on any atom is 0.270 e. The first-order valence-electron chi connectivity index (χ1n) is 10.4. The summed E-state index contributed by atoms with van der Waals surface area (Å²) in [7, 11) is 3.18. The van der Waals surface area contributed by atoms with Crippen LogP contribution in [0.3, 0.4) is 0 Å². The molecule has 0 aliphatic heterocycles. The first kappa shape index (κ1) is 23.4. The van der Waals surface area contributed by atoms with E-state index in [-0.39, 0.29) is 5.91 Å². The summed E-state index contributed by atoms with van der Waals surface area (Å²) in [6.45, 7) is 5.50. The SMILES string of the molecule is CCOc1ccc(CCNC(=O)c2csc(-c3ccc(OC)c(OC)c3)n2)cc1OCC. The highest BCUT2D eigenvalue weighted by Crippen LogP contribution is 2.33. The van der Waals surface area contributed by atoms with Crippen molar-refractivity contribution in [2.75, 3.05) is 34.0 Å². The van der Waals surface area contributed by atoms with E-state index in [2.05, 4.69) is 10.3 Å². The number of benzene rings is 2. The van der Waals surface area contributed by atoms with Crippen LogP contribution in [0, 0.1) is 0 Å². The van der Waals surface area contributed by atoms with E-state index in [1.807, 2.05) is 50.2 Å². The fourth-order valence-corrected chi connectivity index (χ4v) is 3.94. The number of nitrogens with one attached hydrogen (secondary N) is 1. The van der Waals surface area contributed by atoms with E-state index in [1.165, 1.54) is 11.3 Å². The van der Waals surface area contributed by atoms with E-state index in [0.717, 1.165) is 27.6 Å². The highest BCUT2D eigenvalue weighted by atomic mass is 32.1. The fourth-order valence-electron chi connectivity index (χ4n) is 3.14. The average molecular weight is 457 g/mol. The Morgan fingerprint density at radius 3 is 2.38 bits per heavy atom. The largest absolute Gasteiger partial charge is 0.493 e. The highest BCUT2D eigenvalue weighted by Gasteiger charge is 2.14. The van der Waals surface area contributed by atoms with Crippen molar-refractivity contribution in [2.24, 2.45) is 0 Å². The van der Waals surface area contributed by atoms with Gasteiger partial charge in [0.1, 0.15) is 10.7 Å². The second kappa shape index (κ2) is 11.4. The maximum atomic E-state index is 12.6. The van der Waals surface area contributed by atoms with Crippen LogP contribution in [-0.2, 0) is 6.42 Å². The third-order valence-corrected chi connectivity index (χ3v) is 5.57. The predicted molar refractivity (Wildman–Crippen MR) is 125 cm³/mol. The Kier molecular flexibility index (Phi) is 8.33. The van der Waals surface area contributed by atoms with Crippen LogP contribution < -0.4 is 24.3 Å². The maximum absolute atomic E-state index is 12.6. The van der Waals surface area contributed by atoms with E-state index in [9.17, 15) is 4.79 Å². The van der Waals surface area contributed by atoms with Crippen LogP contribution in [-0.4, -0.2) is 44.9 Å². The monoisotopic (exact) mass is 456 g/mol. The Morgan fingerprint density at radius 1 is 0.938 bits per heavy atom. The molecule has 7 nitrogen and oxygen atoms in total. The standard InChI is InChI=1S/C24H28N2O5S/c1-5-30-20-9-7-16(13-22(20)31-6-2)11-12-25-23(27)18-15-32-24(26-18)17-8-10-19(28-3)21(14-17)29-4/h7-10,13-15H,5-6,11-12H2,1-4H3,(H,25,27). The van der Waals surface area contributed by atoms with Gasteiger partial charge in [0.05, 0.1) is 27.4 Å². The van der Waals surface area contributed by atoms with Gasteiger partial charge in [-0.2, -0.15) is 0 Å². The van der Waals surface area contributed by atoms with Crippen molar-refractivity contribution in [1.29, 1.82) is 0 Å². The van der Waals surface area contributed by atoms with Gasteiger partial charge in [-0.05, 0) is 56.2 Å². The summed E-state index contributed by atoms with van der Waals surface area (Å²) in [5.74, 6) is 2.51. The molecule has 0 bridgehead atoms. The van der Waals surface area contributed by atoms with Crippen molar-refractivity contribution in [1.82, 2.24) is 10.3 Å². The third-order valence-electron chi connectivity index (χ3n) is 4.67. The summed E-state index contributed by atoms with van der Waals surface area (Å²) in [5.41, 5.74) is 2.31. The number of methoxy groups -OCH3 is 2. The number of nitrogens with zero attached hydrogens (tertiary/aromatic N) is 1. The first-order chi connectivity index (χ1) is 15.6. The number of aromatic nitrogens is 1. The van der Waals surface area contributed by atoms with Crippen molar-refractivity contribution in [3.05, 3.63) is 53.0 Å². The first-order valence-corrected chi connectivity index (χ1v) is 11.3. The normalized spacial score (nSPS) is 10.5. The number of carbonyl (C=O) groups is 1. The Morgan fingerprint density at radius 2 is 1.66 bits per heavy atom. The van der Waals surface area contributed by atoms with E-state index in [4.69, 9.17) is 18.9 Å². The number of amides is 1. The quantitative estimate of drug-likeness (QED) is 0.454. The molecule has 1 aromatic heterocycles. The van der Waals surface area contributed by atoms with Gasteiger partial charge in [0.2, 0.25) is 0 Å². The van der Waals surface area contributed by atoms with E-state index in [0.29, 0.717) is 43.4 Å². The summed E-state index contributed by atoms with van der Waals surface area (Å²) >= 11 is 1.41. The molecule has 3 aromatic rings. The molecule has 0 saturated heterocycles. The second-order valence-corrected chi connectivity index (χ2v) is 7.62. The molecule has 0 spiro atoms. The molecule has 32 heavy (non-hydrogen) atoms. The molecule has 0 aliphatic rings. The number of ether oxygens (including phenoxy) is 4. The zero-order chi connectivity index (χ0) is 22.9. The van der Waals surface area contributed by atoms with E-state index >= 15 is 0 Å². The van der Waals surface area contributed by atoms with Crippen LogP contribution in [0.15, 0.2) is 41.8 Å². The lowest BCUT2D eigenvalue weighted by Crippen LogP contribution is -2.26. The molecule has 0 radical (unpaired) electrons. The molecule has 1 heterocycles. The zero-order valence-corrected chi connectivity index (χ0v) is 19.6. The van der Waals surface area contributed by atoms with Gasteiger partial charge in [0.15, 0.2) is 23.0 Å². The summed E-state index contributed by atoms with van der Waals surface area (Å²) in [6.07, 6.45) is 0.672. The van der Waals surface area contributed by atoms with Gasteiger partial charge >= 0.3 is 0 Å². The highest BCUT2D eigenvalue weighted by molar-refractivity contribution is 7.13. The van der Waals surface area contributed by atoms with Crippen LogP contribution in [0.5, 0.6) is 23.0 Å². The van der Waals surface area contributed by atoms with Gasteiger partial charge in [0, 0.05) is 17.5 Å². The van der Waals surface area contributed by atoms with Crippen molar-refractivity contribution < 1.29 is 23.7 Å². The van der Waals surface area contributed by atoms with Gasteiger partial charge in [-0.15, -0.1) is 11.3 Å². The minimum absolute atomic E-state index is 0.205. The minimum atomic E-state index is -0.205.